The van der Waals surface area contributed by atoms with Crippen molar-refractivity contribution >= 4 is 27.5 Å². The highest BCUT2D eigenvalue weighted by Gasteiger charge is 2.30. The summed E-state index contributed by atoms with van der Waals surface area (Å²) in [5.41, 5.74) is 1.10. The second-order valence-electron chi connectivity index (χ2n) is 5.56. The molecule has 2 atom stereocenters. The zero-order valence-electron chi connectivity index (χ0n) is 11.5. The van der Waals surface area contributed by atoms with E-state index < -0.39 is 0 Å². The number of benzene rings is 1. The summed E-state index contributed by atoms with van der Waals surface area (Å²) in [6.45, 7) is 7.31. The summed E-state index contributed by atoms with van der Waals surface area (Å²) in [6, 6.07) is 5.97. The first kappa shape index (κ1) is 15.3. The molecule has 1 aromatic carbocycles. The van der Waals surface area contributed by atoms with Crippen LogP contribution in [0.2, 0.25) is 5.02 Å². The van der Waals surface area contributed by atoms with Gasteiger partial charge in [-0.05, 0) is 37.1 Å². The van der Waals surface area contributed by atoms with Gasteiger partial charge >= 0.3 is 0 Å². The number of hydrogen-bond acceptors (Lipinski definition) is 2. The van der Waals surface area contributed by atoms with Gasteiger partial charge in [0.1, 0.15) is 0 Å². The van der Waals surface area contributed by atoms with Crippen molar-refractivity contribution in [1.82, 2.24) is 5.32 Å². The highest BCUT2D eigenvalue weighted by atomic mass is 79.9. The Morgan fingerprint density at radius 2 is 2.26 bits per heavy atom. The third kappa shape index (κ3) is 4.19. The second kappa shape index (κ2) is 7.07. The molecular weight excluding hydrogens is 326 g/mol. The molecule has 4 heteroatoms. The van der Waals surface area contributed by atoms with Crippen LogP contribution in [0.3, 0.4) is 0 Å². The third-order valence-electron chi connectivity index (χ3n) is 3.44. The van der Waals surface area contributed by atoms with Crippen molar-refractivity contribution in [1.29, 1.82) is 0 Å². The largest absolute Gasteiger partial charge is 0.373 e. The number of nitrogens with one attached hydrogen (secondary N) is 1. The van der Waals surface area contributed by atoms with E-state index in [-0.39, 0.29) is 6.10 Å². The van der Waals surface area contributed by atoms with Crippen molar-refractivity contribution < 1.29 is 4.74 Å². The normalized spacial score (nSPS) is 23.2. The third-order valence-corrected chi connectivity index (χ3v) is 4.28. The van der Waals surface area contributed by atoms with Crippen molar-refractivity contribution in [2.45, 2.75) is 26.4 Å². The molecule has 0 aliphatic carbocycles. The molecule has 19 heavy (non-hydrogen) atoms. The summed E-state index contributed by atoms with van der Waals surface area (Å²) in [5.74, 6) is 1.18. The molecule has 2 rings (SSSR count). The predicted octanol–water partition coefficient (Wildman–Crippen LogP) is 4.43. The maximum atomic E-state index is 6.30. The Morgan fingerprint density at radius 3 is 3.00 bits per heavy atom. The van der Waals surface area contributed by atoms with Gasteiger partial charge in [-0.3, -0.25) is 0 Å². The molecule has 1 N–H and O–H groups in total. The van der Waals surface area contributed by atoms with Gasteiger partial charge in [-0.1, -0.05) is 41.4 Å². The van der Waals surface area contributed by atoms with Crippen molar-refractivity contribution in [3.8, 4) is 0 Å². The van der Waals surface area contributed by atoms with Crippen LogP contribution in [-0.2, 0) is 4.74 Å². The zero-order chi connectivity index (χ0) is 13.8. The van der Waals surface area contributed by atoms with Gasteiger partial charge in [0, 0.05) is 34.1 Å². The zero-order valence-corrected chi connectivity index (χ0v) is 13.8. The first-order valence-electron chi connectivity index (χ1n) is 6.85. The van der Waals surface area contributed by atoms with E-state index in [0.29, 0.717) is 11.8 Å². The molecule has 0 amide bonds. The first-order valence-corrected chi connectivity index (χ1v) is 8.02. The fourth-order valence-corrected chi connectivity index (χ4v) is 3.08. The maximum absolute atomic E-state index is 6.30. The average Bonchev–Trinajstić information content (AvgIpc) is 2.80. The summed E-state index contributed by atoms with van der Waals surface area (Å²) in [6.07, 6.45) is 1.21. The molecule has 1 saturated heterocycles. The van der Waals surface area contributed by atoms with Gasteiger partial charge < -0.3 is 10.1 Å². The molecule has 2 unspecified atom stereocenters. The number of ether oxygens (including phenoxy) is 1. The van der Waals surface area contributed by atoms with Gasteiger partial charge in [0.25, 0.3) is 0 Å². The molecule has 1 aliphatic heterocycles. The summed E-state index contributed by atoms with van der Waals surface area (Å²) >= 11 is 9.81. The van der Waals surface area contributed by atoms with E-state index in [2.05, 4.69) is 41.2 Å². The van der Waals surface area contributed by atoms with Crippen LogP contribution in [0.15, 0.2) is 22.7 Å². The van der Waals surface area contributed by atoms with Crippen molar-refractivity contribution in [2.75, 3.05) is 19.7 Å². The van der Waals surface area contributed by atoms with Crippen molar-refractivity contribution in [2.24, 2.45) is 11.8 Å². The molecule has 1 aromatic rings. The van der Waals surface area contributed by atoms with Gasteiger partial charge in [0.2, 0.25) is 0 Å². The Morgan fingerprint density at radius 1 is 1.47 bits per heavy atom. The van der Waals surface area contributed by atoms with Crippen LogP contribution in [0.5, 0.6) is 0 Å². The van der Waals surface area contributed by atoms with Crippen molar-refractivity contribution in [3.05, 3.63) is 33.3 Å². The molecule has 0 saturated carbocycles. The van der Waals surface area contributed by atoms with Crippen LogP contribution in [0.1, 0.15) is 31.9 Å². The Bertz CT molecular complexity index is 425. The Hall–Kier alpha value is -0.0900. The topological polar surface area (TPSA) is 21.3 Å². The summed E-state index contributed by atoms with van der Waals surface area (Å²) < 4.78 is 6.95. The molecule has 2 nitrogen and oxygen atoms in total. The van der Waals surface area contributed by atoms with E-state index in [0.717, 1.165) is 41.2 Å². The van der Waals surface area contributed by atoms with Crippen LogP contribution in [-0.4, -0.2) is 19.7 Å². The van der Waals surface area contributed by atoms with Gasteiger partial charge in [-0.25, -0.2) is 0 Å². The number of rotatable bonds is 5. The first-order chi connectivity index (χ1) is 9.08. The van der Waals surface area contributed by atoms with Crippen LogP contribution in [0, 0.1) is 11.8 Å². The summed E-state index contributed by atoms with van der Waals surface area (Å²) in [5, 5.41) is 4.32. The van der Waals surface area contributed by atoms with E-state index in [1.165, 1.54) is 0 Å². The Kier molecular flexibility index (Phi) is 5.70. The van der Waals surface area contributed by atoms with Gasteiger partial charge in [-0.15, -0.1) is 0 Å². The van der Waals surface area contributed by atoms with Crippen LogP contribution < -0.4 is 5.32 Å². The Balaban J connectivity index is 2.03. The second-order valence-corrected chi connectivity index (χ2v) is 6.88. The van der Waals surface area contributed by atoms with Gasteiger partial charge in [-0.2, -0.15) is 0 Å². The molecule has 0 spiro atoms. The highest BCUT2D eigenvalue weighted by molar-refractivity contribution is 9.10. The lowest BCUT2D eigenvalue weighted by molar-refractivity contribution is 0.0904. The number of hydrogen-bond donors (Lipinski definition) is 1. The fraction of sp³-hybridized carbons (Fsp3) is 0.600. The molecule has 0 radical (unpaired) electrons. The average molecular weight is 347 g/mol. The quantitative estimate of drug-likeness (QED) is 0.852. The minimum Gasteiger partial charge on any atom is -0.373 e. The predicted molar refractivity (Wildman–Crippen MR) is 83.7 cm³/mol. The van der Waals surface area contributed by atoms with Crippen LogP contribution in [0.25, 0.3) is 0 Å². The monoisotopic (exact) mass is 345 g/mol. The molecule has 0 bridgehead atoms. The molecular formula is C15H21BrClNO. The lowest BCUT2D eigenvalue weighted by Crippen LogP contribution is -2.28. The Labute approximate surface area is 129 Å². The van der Waals surface area contributed by atoms with E-state index >= 15 is 0 Å². The van der Waals surface area contributed by atoms with Gasteiger partial charge in [0.05, 0.1) is 6.10 Å². The van der Waals surface area contributed by atoms with Crippen molar-refractivity contribution in [3.63, 3.8) is 0 Å². The minimum absolute atomic E-state index is 0.115. The summed E-state index contributed by atoms with van der Waals surface area (Å²) in [7, 11) is 0. The van der Waals surface area contributed by atoms with E-state index in [1.807, 2.05) is 12.1 Å². The van der Waals surface area contributed by atoms with E-state index in [9.17, 15) is 0 Å². The lowest BCUT2D eigenvalue weighted by atomic mass is 9.95. The minimum atomic E-state index is 0.115. The molecule has 1 fully saturated rings. The molecule has 0 aromatic heterocycles. The van der Waals surface area contributed by atoms with Crippen LogP contribution >= 0.6 is 27.5 Å². The standard InChI is InChI=1S/C15H21BrClNO/c1-10(2)8-18-9-11-5-6-19-15(11)13-7-12(16)3-4-14(13)17/h3-4,7,10-11,15,18H,5-6,8-9H2,1-2H3. The smallest absolute Gasteiger partial charge is 0.0880 e. The molecule has 1 aliphatic rings. The van der Waals surface area contributed by atoms with Crippen LogP contribution in [0.4, 0.5) is 0 Å². The summed E-state index contributed by atoms with van der Waals surface area (Å²) in [4.78, 5) is 0. The fourth-order valence-electron chi connectivity index (χ4n) is 2.48. The molecule has 106 valence electrons. The lowest BCUT2D eigenvalue weighted by Gasteiger charge is -2.21. The molecule has 1 heterocycles. The SMILES string of the molecule is CC(C)CNCC1CCOC1c1cc(Br)ccc1Cl. The highest BCUT2D eigenvalue weighted by Crippen LogP contribution is 2.38. The maximum Gasteiger partial charge on any atom is 0.0880 e. The number of halogens is 2. The van der Waals surface area contributed by atoms with E-state index in [1.54, 1.807) is 0 Å². The van der Waals surface area contributed by atoms with E-state index in [4.69, 9.17) is 16.3 Å². The van der Waals surface area contributed by atoms with Gasteiger partial charge in [0.15, 0.2) is 0 Å².